The number of ether oxygens (including phenoxy) is 2. The van der Waals surface area contributed by atoms with Crippen molar-refractivity contribution >= 4 is 5.91 Å². The van der Waals surface area contributed by atoms with Gasteiger partial charge in [0, 0.05) is 39.8 Å². The summed E-state index contributed by atoms with van der Waals surface area (Å²) in [6.45, 7) is 6.81. The van der Waals surface area contributed by atoms with E-state index >= 15 is 0 Å². The number of methoxy groups -OCH3 is 1. The molecule has 1 heterocycles. The van der Waals surface area contributed by atoms with E-state index in [2.05, 4.69) is 15.5 Å². The second kappa shape index (κ2) is 7.68. The zero-order chi connectivity index (χ0) is 13.4. The summed E-state index contributed by atoms with van der Waals surface area (Å²) in [5.41, 5.74) is -0.160. The fourth-order valence-corrected chi connectivity index (χ4v) is 1.62. The third-order valence-corrected chi connectivity index (χ3v) is 3.04. The summed E-state index contributed by atoms with van der Waals surface area (Å²) in [4.78, 5) is 13.6. The average Bonchev–Trinajstić information content (AvgIpc) is 2.31. The predicted molar refractivity (Wildman–Crippen MR) is 69.6 cm³/mol. The Balaban J connectivity index is 1.99. The minimum absolute atomic E-state index is 0.0525. The van der Waals surface area contributed by atoms with Crippen LogP contribution in [0, 0.1) is 0 Å². The molecule has 0 radical (unpaired) electrons. The van der Waals surface area contributed by atoms with Crippen LogP contribution < -0.4 is 10.6 Å². The average molecular weight is 259 g/mol. The predicted octanol–water partition coefficient (Wildman–Crippen LogP) is -0.941. The standard InChI is InChI=1S/C12H25N3O3/c1-12(9-13-10-12)18-8-11(16)14-4-5-15(2)6-7-17-3/h13H,4-10H2,1-3H3,(H,14,16). The first-order chi connectivity index (χ1) is 8.56. The van der Waals surface area contributed by atoms with Crippen molar-refractivity contribution in [3.05, 3.63) is 0 Å². The van der Waals surface area contributed by atoms with Crippen LogP contribution in [0.15, 0.2) is 0 Å². The number of nitrogens with zero attached hydrogens (tertiary/aromatic N) is 1. The van der Waals surface area contributed by atoms with E-state index in [4.69, 9.17) is 9.47 Å². The van der Waals surface area contributed by atoms with E-state index in [0.29, 0.717) is 13.2 Å². The molecule has 18 heavy (non-hydrogen) atoms. The monoisotopic (exact) mass is 259 g/mol. The molecule has 0 aromatic heterocycles. The Morgan fingerprint density at radius 1 is 1.44 bits per heavy atom. The fraction of sp³-hybridized carbons (Fsp3) is 0.917. The van der Waals surface area contributed by atoms with E-state index in [-0.39, 0.29) is 18.1 Å². The third kappa shape index (κ3) is 5.77. The van der Waals surface area contributed by atoms with Gasteiger partial charge in [-0.1, -0.05) is 0 Å². The van der Waals surface area contributed by atoms with Crippen LogP contribution in [0.2, 0.25) is 0 Å². The first kappa shape index (κ1) is 15.4. The summed E-state index contributed by atoms with van der Waals surface area (Å²) < 4.78 is 10.5. The quantitative estimate of drug-likeness (QED) is 0.559. The van der Waals surface area contributed by atoms with Gasteiger partial charge in [-0.3, -0.25) is 4.79 Å². The van der Waals surface area contributed by atoms with Crippen LogP contribution in [0.3, 0.4) is 0 Å². The zero-order valence-corrected chi connectivity index (χ0v) is 11.6. The molecule has 1 fully saturated rings. The highest BCUT2D eigenvalue weighted by Crippen LogP contribution is 2.14. The van der Waals surface area contributed by atoms with Crippen LogP contribution in [0.1, 0.15) is 6.92 Å². The van der Waals surface area contributed by atoms with Crippen LogP contribution in [0.4, 0.5) is 0 Å². The Hall–Kier alpha value is -0.690. The number of carbonyl (C=O) groups excluding carboxylic acids is 1. The summed E-state index contributed by atoms with van der Waals surface area (Å²) in [5, 5.41) is 5.97. The van der Waals surface area contributed by atoms with Crippen molar-refractivity contribution in [2.24, 2.45) is 0 Å². The molecule has 106 valence electrons. The molecule has 0 spiro atoms. The first-order valence-electron chi connectivity index (χ1n) is 6.34. The van der Waals surface area contributed by atoms with Crippen LogP contribution in [0.25, 0.3) is 0 Å². The Labute approximate surface area is 109 Å². The molecule has 2 N–H and O–H groups in total. The zero-order valence-electron chi connectivity index (χ0n) is 11.6. The number of likely N-dealkylation sites (N-methyl/N-ethyl adjacent to an activating group) is 1. The van der Waals surface area contributed by atoms with Gasteiger partial charge in [0.25, 0.3) is 0 Å². The summed E-state index contributed by atoms with van der Waals surface area (Å²) in [7, 11) is 3.69. The Morgan fingerprint density at radius 2 is 2.17 bits per heavy atom. The molecule has 6 heteroatoms. The van der Waals surface area contributed by atoms with Gasteiger partial charge in [0.2, 0.25) is 5.91 Å². The van der Waals surface area contributed by atoms with Crippen molar-refractivity contribution < 1.29 is 14.3 Å². The van der Waals surface area contributed by atoms with Gasteiger partial charge in [0.1, 0.15) is 6.61 Å². The van der Waals surface area contributed by atoms with Crippen molar-refractivity contribution in [1.82, 2.24) is 15.5 Å². The molecule has 0 unspecified atom stereocenters. The maximum atomic E-state index is 11.5. The number of hydrogen-bond acceptors (Lipinski definition) is 5. The molecule has 0 aliphatic carbocycles. The first-order valence-corrected chi connectivity index (χ1v) is 6.34. The number of hydrogen-bond donors (Lipinski definition) is 2. The van der Waals surface area contributed by atoms with E-state index in [1.54, 1.807) is 7.11 Å². The maximum absolute atomic E-state index is 11.5. The Bertz CT molecular complexity index is 257. The topological polar surface area (TPSA) is 62.8 Å². The normalized spacial score (nSPS) is 17.6. The summed E-state index contributed by atoms with van der Waals surface area (Å²) in [6.07, 6.45) is 0. The lowest BCUT2D eigenvalue weighted by Gasteiger charge is -2.38. The lowest BCUT2D eigenvalue weighted by molar-refractivity contribution is -0.135. The Morgan fingerprint density at radius 3 is 2.72 bits per heavy atom. The molecule has 0 bridgehead atoms. The largest absolute Gasteiger partial charge is 0.383 e. The second-order valence-electron chi connectivity index (χ2n) is 4.99. The second-order valence-corrected chi connectivity index (χ2v) is 4.99. The Kier molecular flexibility index (Phi) is 6.56. The molecular formula is C12H25N3O3. The number of carbonyl (C=O) groups is 1. The van der Waals surface area contributed by atoms with Gasteiger partial charge < -0.3 is 25.0 Å². The number of nitrogens with one attached hydrogen (secondary N) is 2. The molecule has 1 aliphatic rings. The van der Waals surface area contributed by atoms with Crippen LogP contribution in [-0.2, 0) is 14.3 Å². The van der Waals surface area contributed by atoms with E-state index in [0.717, 1.165) is 26.2 Å². The molecule has 1 rings (SSSR count). The molecule has 0 aromatic rings. The summed E-state index contributed by atoms with van der Waals surface area (Å²) in [5.74, 6) is -0.0525. The van der Waals surface area contributed by atoms with Gasteiger partial charge in [-0.25, -0.2) is 0 Å². The van der Waals surface area contributed by atoms with E-state index in [9.17, 15) is 4.79 Å². The van der Waals surface area contributed by atoms with Crippen molar-refractivity contribution in [3.63, 3.8) is 0 Å². The lowest BCUT2D eigenvalue weighted by Crippen LogP contribution is -2.59. The molecule has 0 saturated carbocycles. The molecule has 6 nitrogen and oxygen atoms in total. The SMILES string of the molecule is COCCN(C)CCNC(=O)COC1(C)CNC1. The molecule has 1 saturated heterocycles. The molecule has 0 atom stereocenters. The number of amides is 1. The van der Waals surface area contributed by atoms with Gasteiger partial charge in [0.15, 0.2) is 0 Å². The highest BCUT2D eigenvalue weighted by atomic mass is 16.5. The smallest absolute Gasteiger partial charge is 0.246 e. The summed E-state index contributed by atoms with van der Waals surface area (Å²) in [6, 6.07) is 0. The fourth-order valence-electron chi connectivity index (χ4n) is 1.62. The van der Waals surface area contributed by atoms with E-state index in [1.165, 1.54) is 0 Å². The van der Waals surface area contributed by atoms with E-state index < -0.39 is 0 Å². The van der Waals surface area contributed by atoms with Gasteiger partial charge in [-0.2, -0.15) is 0 Å². The maximum Gasteiger partial charge on any atom is 0.246 e. The van der Waals surface area contributed by atoms with Crippen molar-refractivity contribution in [2.75, 3.05) is 60.1 Å². The van der Waals surface area contributed by atoms with Gasteiger partial charge in [0.05, 0.1) is 12.2 Å². The third-order valence-electron chi connectivity index (χ3n) is 3.04. The summed E-state index contributed by atoms with van der Waals surface area (Å²) >= 11 is 0. The molecule has 0 aromatic carbocycles. The molecule has 1 amide bonds. The van der Waals surface area contributed by atoms with Crippen molar-refractivity contribution in [1.29, 1.82) is 0 Å². The van der Waals surface area contributed by atoms with Gasteiger partial charge >= 0.3 is 0 Å². The van der Waals surface area contributed by atoms with Gasteiger partial charge in [-0.15, -0.1) is 0 Å². The minimum atomic E-state index is -0.160. The number of rotatable bonds is 9. The van der Waals surface area contributed by atoms with Crippen LogP contribution in [0.5, 0.6) is 0 Å². The van der Waals surface area contributed by atoms with Crippen LogP contribution in [-0.4, -0.2) is 76.5 Å². The highest BCUT2D eigenvalue weighted by molar-refractivity contribution is 5.77. The highest BCUT2D eigenvalue weighted by Gasteiger charge is 2.32. The van der Waals surface area contributed by atoms with Crippen LogP contribution >= 0.6 is 0 Å². The lowest BCUT2D eigenvalue weighted by atomic mass is 10.0. The van der Waals surface area contributed by atoms with Crippen molar-refractivity contribution in [3.8, 4) is 0 Å². The molecule has 1 aliphatic heterocycles. The van der Waals surface area contributed by atoms with Crippen molar-refractivity contribution in [2.45, 2.75) is 12.5 Å². The minimum Gasteiger partial charge on any atom is -0.383 e. The molecular weight excluding hydrogens is 234 g/mol. The van der Waals surface area contributed by atoms with E-state index in [1.807, 2.05) is 14.0 Å². The van der Waals surface area contributed by atoms with Gasteiger partial charge in [-0.05, 0) is 14.0 Å².